The molecule has 0 saturated heterocycles. The van der Waals surface area contributed by atoms with Crippen molar-refractivity contribution in [1.29, 1.82) is 0 Å². The number of hydrogen-bond acceptors (Lipinski definition) is 2. The Morgan fingerprint density at radius 1 is 1.44 bits per heavy atom. The Labute approximate surface area is 97.3 Å². The third kappa shape index (κ3) is 2.56. The summed E-state index contributed by atoms with van der Waals surface area (Å²) >= 11 is 0. The summed E-state index contributed by atoms with van der Waals surface area (Å²) in [5.41, 5.74) is 2.34. The molecule has 1 aliphatic carbocycles. The lowest BCUT2D eigenvalue weighted by molar-refractivity contribution is 0.156. The Hall–Kier alpha value is -1.02. The number of aliphatic hydroxyl groups excluding tert-OH is 1. The molecule has 1 unspecified atom stereocenters. The van der Waals surface area contributed by atoms with Gasteiger partial charge in [-0.05, 0) is 48.4 Å². The van der Waals surface area contributed by atoms with Crippen molar-refractivity contribution in [2.45, 2.75) is 39.2 Å². The second-order valence-electron chi connectivity index (χ2n) is 4.97. The van der Waals surface area contributed by atoms with Gasteiger partial charge < -0.3 is 9.84 Å². The Balaban J connectivity index is 2.14. The van der Waals surface area contributed by atoms with E-state index in [1.54, 1.807) is 0 Å². The van der Waals surface area contributed by atoms with E-state index in [1.807, 2.05) is 12.1 Å². The predicted molar refractivity (Wildman–Crippen MR) is 64.7 cm³/mol. The van der Waals surface area contributed by atoms with Gasteiger partial charge >= 0.3 is 0 Å². The zero-order chi connectivity index (χ0) is 11.5. The van der Waals surface area contributed by atoms with Gasteiger partial charge in [-0.15, -0.1) is 0 Å². The van der Waals surface area contributed by atoms with E-state index in [-0.39, 0.29) is 6.10 Å². The molecule has 2 heteroatoms. The summed E-state index contributed by atoms with van der Waals surface area (Å²) in [5.74, 6) is 1.41. The molecule has 2 nitrogen and oxygen atoms in total. The third-order valence-corrected chi connectivity index (χ3v) is 2.98. The number of fused-ring (bicyclic) bond motifs is 1. The monoisotopic (exact) mass is 220 g/mol. The summed E-state index contributed by atoms with van der Waals surface area (Å²) in [6.07, 6.45) is 2.74. The highest BCUT2D eigenvalue weighted by atomic mass is 16.5. The Morgan fingerprint density at radius 2 is 2.25 bits per heavy atom. The number of rotatable bonds is 3. The van der Waals surface area contributed by atoms with Crippen molar-refractivity contribution in [3.8, 4) is 5.75 Å². The highest BCUT2D eigenvalue weighted by Crippen LogP contribution is 2.32. The highest BCUT2D eigenvalue weighted by Gasteiger charge is 2.18. The maximum Gasteiger partial charge on any atom is 0.119 e. The molecule has 0 amide bonds. The first-order chi connectivity index (χ1) is 7.66. The normalized spacial score (nSPS) is 19.6. The minimum Gasteiger partial charge on any atom is -0.493 e. The molecular weight excluding hydrogens is 200 g/mol. The first kappa shape index (κ1) is 11.5. The smallest absolute Gasteiger partial charge is 0.119 e. The Bertz CT molecular complexity index is 358. The van der Waals surface area contributed by atoms with E-state index >= 15 is 0 Å². The summed E-state index contributed by atoms with van der Waals surface area (Å²) in [6, 6.07) is 6.11. The van der Waals surface area contributed by atoms with Crippen LogP contribution in [0.25, 0.3) is 0 Å². The van der Waals surface area contributed by atoms with Crippen molar-refractivity contribution in [3.05, 3.63) is 29.3 Å². The van der Waals surface area contributed by atoms with Gasteiger partial charge in [-0.2, -0.15) is 0 Å². The SMILES string of the molecule is CC(C)COc1ccc2c(c1)C(O)CCC2. The van der Waals surface area contributed by atoms with Crippen molar-refractivity contribution in [3.63, 3.8) is 0 Å². The van der Waals surface area contributed by atoms with Crippen LogP contribution in [0.4, 0.5) is 0 Å². The summed E-state index contributed by atoms with van der Waals surface area (Å²) in [5, 5.41) is 9.91. The van der Waals surface area contributed by atoms with Crippen LogP contribution in [0.15, 0.2) is 18.2 Å². The van der Waals surface area contributed by atoms with E-state index in [0.29, 0.717) is 5.92 Å². The second-order valence-corrected chi connectivity index (χ2v) is 4.97. The topological polar surface area (TPSA) is 29.5 Å². The lowest BCUT2D eigenvalue weighted by atomic mass is 9.89. The van der Waals surface area contributed by atoms with Crippen LogP contribution in [0.2, 0.25) is 0 Å². The molecule has 2 rings (SSSR count). The Morgan fingerprint density at radius 3 is 3.00 bits per heavy atom. The van der Waals surface area contributed by atoms with Gasteiger partial charge in [0, 0.05) is 0 Å². The van der Waals surface area contributed by atoms with Gasteiger partial charge in [0.2, 0.25) is 0 Å². The zero-order valence-electron chi connectivity index (χ0n) is 10.1. The quantitative estimate of drug-likeness (QED) is 0.848. The number of aryl methyl sites for hydroxylation is 1. The van der Waals surface area contributed by atoms with Crippen LogP contribution in [-0.2, 0) is 6.42 Å². The van der Waals surface area contributed by atoms with Crippen LogP contribution >= 0.6 is 0 Å². The van der Waals surface area contributed by atoms with Gasteiger partial charge in [0.1, 0.15) is 5.75 Å². The van der Waals surface area contributed by atoms with Crippen LogP contribution in [0.5, 0.6) is 5.75 Å². The largest absolute Gasteiger partial charge is 0.493 e. The highest BCUT2D eigenvalue weighted by molar-refractivity contribution is 5.38. The third-order valence-electron chi connectivity index (χ3n) is 2.98. The lowest BCUT2D eigenvalue weighted by Gasteiger charge is -2.22. The molecule has 16 heavy (non-hydrogen) atoms. The molecule has 0 heterocycles. The summed E-state index contributed by atoms with van der Waals surface area (Å²) < 4.78 is 5.67. The van der Waals surface area contributed by atoms with E-state index in [1.165, 1.54) is 5.56 Å². The molecule has 0 aromatic heterocycles. The van der Waals surface area contributed by atoms with E-state index in [9.17, 15) is 5.11 Å². The average molecular weight is 220 g/mol. The first-order valence-electron chi connectivity index (χ1n) is 6.10. The minimum absolute atomic E-state index is 0.300. The van der Waals surface area contributed by atoms with Crippen LogP contribution in [-0.4, -0.2) is 11.7 Å². The molecule has 1 N–H and O–H groups in total. The number of aliphatic hydroxyl groups is 1. The van der Waals surface area contributed by atoms with Gasteiger partial charge in [-0.1, -0.05) is 19.9 Å². The van der Waals surface area contributed by atoms with Gasteiger partial charge in [-0.3, -0.25) is 0 Å². The Kier molecular flexibility index (Phi) is 3.49. The molecule has 0 aliphatic heterocycles. The molecule has 0 radical (unpaired) electrons. The minimum atomic E-state index is -0.300. The fourth-order valence-corrected chi connectivity index (χ4v) is 2.10. The summed E-state index contributed by atoms with van der Waals surface area (Å²) in [7, 11) is 0. The first-order valence-corrected chi connectivity index (χ1v) is 6.10. The standard InChI is InChI=1S/C14H20O2/c1-10(2)9-16-12-7-6-11-4-3-5-14(15)13(11)8-12/h6-8,10,14-15H,3-5,9H2,1-2H3. The molecule has 0 fully saturated rings. The van der Waals surface area contributed by atoms with Gasteiger partial charge in [0.15, 0.2) is 0 Å². The van der Waals surface area contributed by atoms with Gasteiger partial charge in [0.25, 0.3) is 0 Å². The van der Waals surface area contributed by atoms with E-state index in [2.05, 4.69) is 19.9 Å². The maximum absolute atomic E-state index is 9.91. The molecule has 0 spiro atoms. The summed E-state index contributed by atoms with van der Waals surface area (Å²) in [6.45, 7) is 5.00. The fourth-order valence-electron chi connectivity index (χ4n) is 2.10. The second kappa shape index (κ2) is 4.88. The van der Waals surface area contributed by atoms with Crippen LogP contribution in [0, 0.1) is 5.92 Å². The molecule has 88 valence electrons. The molecule has 1 aromatic carbocycles. The lowest BCUT2D eigenvalue weighted by Crippen LogP contribution is -2.10. The van der Waals surface area contributed by atoms with Crippen LogP contribution in [0.3, 0.4) is 0 Å². The number of ether oxygens (including phenoxy) is 1. The van der Waals surface area contributed by atoms with Crippen molar-refractivity contribution in [1.82, 2.24) is 0 Å². The van der Waals surface area contributed by atoms with E-state index in [0.717, 1.165) is 37.2 Å². The zero-order valence-corrected chi connectivity index (χ0v) is 10.1. The van der Waals surface area contributed by atoms with E-state index in [4.69, 9.17) is 4.74 Å². The molecular formula is C14H20O2. The average Bonchev–Trinajstić information content (AvgIpc) is 2.27. The van der Waals surface area contributed by atoms with Crippen molar-refractivity contribution in [2.75, 3.05) is 6.61 Å². The van der Waals surface area contributed by atoms with Crippen LogP contribution in [0.1, 0.15) is 43.9 Å². The number of benzene rings is 1. The number of hydrogen-bond donors (Lipinski definition) is 1. The van der Waals surface area contributed by atoms with Crippen LogP contribution < -0.4 is 4.74 Å². The molecule has 0 bridgehead atoms. The van der Waals surface area contributed by atoms with Crippen molar-refractivity contribution < 1.29 is 9.84 Å². The summed E-state index contributed by atoms with van der Waals surface area (Å²) in [4.78, 5) is 0. The maximum atomic E-state index is 9.91. The van der Waals surface area contributed by atoms with Crippen molar-refractivity contribution >= 4 is 0 Å². The van der Waals surface area contributed by atoms with Gasteiger partial charge in [-0.25, -0.2) is 0 Å². The van der Waals surface area contributed by atoms with E-state index < -0.39 is 0 Å². The molecule has 0 saturated carbocycles. The predicted octanol–water partition coefficient (Wildman–Crippen LogP) is 3.09. The fraction of sp³-hybridized carbons (Fsp3) is 0.571. The molecule has 1 atom stereocenters. The van der Waals surface area contributed by atoms with Crippen molar-refractivity contribution in [2.24, 2.45) is 5.92 Å². The molecule has 1 aliphatic rings. The van der Waals surface area contributed by atoms with Gasteiger partial charge in [0.05, 0.1) is 12.7 Å². The molecule has 1 aromatic rings.